The number of fused-ring (bicyclic) bond motifs is 1. The smallest absolute Gasteiger partial charge is 0.228 e. The molecule has 2 rings (SSSR count). The van der Waals surface area contributed by atoms with Gasteiger partial charge in [0.2, 0.25) is 11.8 Å². The molecular weight excluding hydrogens is 254 g/mol. The van der Waals surface area contributed by atoms with Crippen LogP contribution in [0.5, 0.6) is 0 Å². The largest absolute Gasteiger partial charge is 0.352 e. The van der Waals surface area contributed by atoms with Gasteiger partial charge in [-0.3, -0.25) is 9.59 Å². The fraction of sp³-hybridized carbons (Fsp3) is 0.467. The van der Waals surface area contributed by atoms with Gasteiger partial charge in [-0.2, -0.15) is 0 Å². The number of hydrogen-bond acceptors (Lipinski definition) is 3. The Hall–Kier alpha value is -1.88. The number of aryl methyl sites for hydroxylation is 1. The predicted molar refractivity (Wildman–Crippen MR) is 78.4 cm³/mol. The molecule has 2 amide bonds. The molecule has 0 unspecified atom stereocenters. The summed E-state index contributed by atoms with van der Waals surface area (Å²) in [6, 6.07) is 6.02. The molecule has 0 spiro atoms. The quantitative estimate of drug-likeness (QED) is 0.723. The molecule has 20 heavy (non-hydrogen) atoms. The van der Waals surface area contributed by atoms with Crippen LogP contribution in [0.15, 0.2) is 18.2 Å². The van der Waals surface area contributed by atoms with E-state index < -0.39 is 0 Å². The van der Waals surface area contributed by atoms with Crippen LogP contribution in [0, 0.1) is 0 Å². The predicted octanol–water partition coefficient (Wildman–Crippen LogP) is 0.967. The van der Waals surface area contributed by atoms with E-state index in [1.807, 2.05) is 25.1 Å². The number of anilines is 1. The Morgan fingerprint density at radius 2 is 2.30 bits per heavy atom. The van der Waals surface area contributed by atoms with E-state index in [1.54, 1.807) is 0 Å². The minimum absolute atomic E-state index is 0.0274. The van der Waals surface area contributed by atoms with E-state index in [9.17, 15) is 9.59 Å². The number of hydrogen-bond donors (Lipinski definition) is 3. The van der Waals surface area contributed by atoms with Crippen LogP contribution >= 0.6 is 0 Å². The van der Waals surface area contributed by atoms with Gasteiger partial charge in [0.05, 0.1) is 6.42 Å². The highest BCUT2D eigenvalue weighted by atomic mass is 16.2. The molecule has 5 heteroatoms. The number of nitrogens with one attached hydrogen (secondary N) is 2. The number of carbonyl (C=O) groups excluding carboxylic acids is 2. The first-order chi connectivity index (χ1) is 9.58. The van der Waals surface area contributed by atoms with Gasteiger partial charge in [0.1, 0.15) is 0 Å². The maximum atomic E-state index is 11.6. The summed E-state index contributed by atoms with van der Waals surface area (Å²) in [6.07, 6.45) is 2.59. The lowest BCUT2D eigenvalue weighted by molar-refractivity contribution is -0.121. The molecule has 0 bridgehead atoms. The van der Waals surface area contributed by atoms with Crippen LogP contribution < -0.4 is 16.4 Å². The minimum Gasteiger partial charge on any atom is -0.352 e. The first-order valence-corrected chi connectivity index (χ1v) is 6.99. The Morgan fingerprint density at radius 1 is 1.50 bits per heavy atom. The zero-order valence-electron chi connectivity index (χ0n) is 11.7. The first kappa shape index (κ1) is 14.5. The van der Waals surface area contributed by atoms with Crippen molar-refractivity contribution in [3.63, 3.8) is 0 Å². The molecule has 1 heterocycles. The zero-order chi connectivity index (χ0) is 14.5. The molecule has 1 aromatic carbocycles. The third-order valence-corrected chi connectivity index (χ3v) is 3.42. The van der Waals surface area contributed by atoms with Gasteiger partial charge in [0, 0.05) is 24.7 Å². The van der Waals surface area contributed by atoms with E-state index >= 15 is 0 Å². The third kappa shape index (κ3) is 3.81. The van der Waals surface area contributed by atoms with Crippen molar-refractivity contribution in [1.82, 2.24) is 5.32 Å². The van der Waals surface area contributed by atoms with Crippen molar-refractivity contribution in [2.75, 3.05) is 11.9 Å². The highest BCUT2D eigenvalue weighted by Crippen LogP contribution is 2.24. The average molecular weight is 275 g/mol. The van der Waals surface area contributed by atoms with Gasteiger partial charge in [-0.05, 0) is 37.0 Å². The lowest BCUT2D eigenvalue weighted by atomic mass is 10.0. The van der Waals surface area contributed by atoms with Crippen LogP contribution in [0.25, 0.3) is 0 Å². The molecule has 5 nitrogen and oxygen atoms in total. The first-order valence-electron chi connectivity index (χ1n) is 6.99. The molecule has 1 aliphatic heterocycles. The van der Waals surface area contributed by atoms with Crippen molar-refractivity contribution in [3.8, 4) is 0 Å². The maximum Gasteiger partial charge on any atom is 0.228 e. The molecule has 4 N–H and O–H groups in total. The Bertz CT molecular complexity index is 514. The van der Waals surface area contributed by atoms with E-state index in [4.69, 9.17) is 5.73 Å². The van der Waals surface area contributed by atoms with Crippen LogP contribution in [-0.4, -0.2) is 24.4 Å². The summed E-state index contributed by atoms with van der Waals surface area (Å²) in [7, 11) is 0. The zero-order valence-corrected chi connectivity index (χ0v) is 11.7. The lowest BCUT2D eigenvalue weighted by Crippen LogP contribution is -2.37. The Labute approximate surface area is 118 Å². The van der Waals surface area contributed by atoms with Crippen molar-refractivity contribution in [1.29, 1.82) is 0 Å². The Kier molecular flexibility index (Phi) is 4.74. The van der Waals surface area contributed by atoms with Gasteiger partial charge in [0.15, 0.2) is 0 Å². The van der Waals surface area contributed by atoms with E-state index in [0.717, 1.165) is 24.1 Å². The number of amides is 2. The average Bonchev–Trinajstić information content (AvgIpc) is 2.77. The Balaban J connectivity index is 1.79. The van der Waals surface area contributed by atoms with Crippen molar-refractivity contribution < 1.29 is 9.59 Å². The Morgan fingerprint density at radius 3 is 3.05 bits per heavy atom. The van der Waals surface area contributed by atoms with E-state index in [-0.39, 0.29) is 17.9 Å². The van der Waals surface area contributed by atoms with Gasteiger partial charge in [-0.1, -0.05) is 12.1 Å². The number of rotatable bonds is 6. The van der Waals surface area contributed by atoms with Gasteiger partial charge in [-0.15, -0.1) is 0 Å². The molecule has 0 saturated carbocycles. The molecular formula is C15H21N3O2. The number of benzene rings is 1. The fourth-order valence-corrected chi connectivity index (χ4v) is 2.30. The molecule has 0 radical (unpaired) electrons. The molecule has 0 saturated heterocycles. The summed E-state index contributed by atoms with van der Waals surface area (Å²) < 4.78 is 0. The minimum atomic E-state index is 0.0274. The maximum absolute atomic E-state index is 11.6. The summed E-state index contributed by atoms with van der Waals surface area (Å²) in [4.78, 5) is 22.9. The second-order valence-corrected chi connectivity index (χ2v) is 5.27. The monoisotopic (exact) mass is 275 g/mol. The van der Waals surface area contributed by atoms with E-state index in [0.29, 0.717) is 19.4 Å². The molecule has 0 fully saturated rings. The van der Waals surface area contributed by atoms with Crippen molar-refractivity contribution in [3.05, 3.63) is 29.3 Å². The molecule has 0 aromatic heterocycles. The highest BCUT2D eigenvalue weighted by Gasteiger charge is 2.17. The van der Waals surface area contributed by atoms with Crippen molar-refractivity contribution in [2.45, 2.75) is 38.6 Å². The summed E-state index contributed by atoms with van der Waals surface area (Å²) in [6.45, 7) is 2.35. The molecule has 0 aliphatic carbocycles. The number of nitrogens with two attached hydrogens (primary N) is 1. The fourth-order valence-electron chi connectivity index (χ4n) is 2.30. The standard InChI is InChI=1S/C15H21N3O2/c1-10(9-16)17-14(19)4-2-3-11-5-6-13-12(7-11)8-15(20)18-13/h5-7,10H,2-4,8-9,16H2,1H3,(H,17,19)(H,18,20)/t10-/m0/s1. The molecule has 108 valence electrons. The summed E-state index contributed by atoms with van der Waals surface area (Å²) in [5.41, 5.74) is 8.58. The summed E-state index contributed by atoms with van der Waals surface area (Å²) >= 11 is 0. The van der Waals surface area contributed by atoms with Crippen LogP contribution in [0.1, 0.15) is 30.9 Å². The highest BCUT2D eigenvalue weighted by molar-refractivity contribution is 5.99. The number of carbonyl (C=O) groups is 2. The second-order valence-electron chi connectivity index (χ2n) is 5.27. The van der Waals surface area contributed by atoms with Crippen LogP contribution in [0.3, 0.4) is 0 Å². The molecule has 1 aromatic rings. The topological polar surface area (TPSA) is 84.2 Å². The van der Waals surface area contributed by atoms with Crippen molar-refractivity contribution >= 4 is 17.5 Å². The summed E-state index contributed by atoms with van der Waals surface area (Å²) in [5, 5.41) is 5.66. The van der Waals surface area contributed by atoms with Crippen molar-refractivity contribution in [2.24, 2.45) is 5.73 Å². The lowest BCUT2D eigenvalue weighted by Gasteiger charge is -2.11. The van der Waals surface area contributed by atoms with E-state index in [1.165, 1.54) is 5.56 Å². The normalized spacial score (nSPS) is 14.6. The van der Waals surface area contributed by atoms with E-state index in [2.05, 4.69) is 10.6 Å². The van der Waals surface area contributed by atoms with Crippen LogP contribution in [0.4, 0.5) is 5.69 Å². The second kappa shape index (κ2) is 6.52. The molecule has 1 aliphatic rings. The van der Waals surface area contributed by atoms with Gasteiger partial charge >= 0.3 is 0 Å². The van der Waals surface area contributed by atoms with Crippen LogP contribution in [0.2, 0.25) is 0 Å². The molecule has 1 atom stereocenters. The SMILES string of the molecule is C[C@@H](CN)NC(=O)CCCc1ccc2c(c1)CC(=O)N2. The van der Waals surface area contributed by atoms with Gasteiger partial charge in [0.25, 0.3) is 0 Å². The van der Waals surface area contributed by atoms with Gasteiger partial charge in [-0.25, -0.2) is 0 Å². The van der Waals surface area contributed by atoms with Gasteiger partial charge < -0.3 is 16.4 Å². The summed E-state index contributed by atoms with van der Waals surface area (Å²) in [5.74, 6) is 0.0910. The third-order valence-electron chi connectivity index (χ3n) is 3.42. The van der Waals surface area contributed by atoms with Crippen LogP contribution in [-0.2, 0) is 22.4 Å².